The van der Waals surface area contributed by atoms with Crippen molar-refractivity contribution in [3.05, 3.63) is 58.6 Å². The summed E-state index contributed by atoms with van der Waals surface area (Å²) in [6.45, 7) is -0.391. The van der Waals surface area contributed by atoms with Gasteiger partial charge in [-0.05, 0) is 42.5 Å². The largest absolute Gasteiger partial charge is 0.325 e. The van der Waals surface area contributed by atoms with E-state index in [0.717, 1.165) is 0 Å². The second-order valence-corrected chi connectivity index (χ2v) is 6.98. The number of hydrogen-bond donors (Lipinski definition) is 2. The summed E-state index contributed by atoms with van der Waals surface area (Å²) >= 11 is 11.5. The first kappa shape index (κ1) is 16.8. The average Bonchev–Trinajstić information content (AvgIpc) is 2.48. The highest BCUT2D eigenvalue weighted by atomic mass is 35.5. The van der Waals surface area contributed by atoms with Crippen molar-refractivity contribution in [2.45, 2.75) is 4.90 Å². The SMILES string of the molecule is O=C(CNS(=O)(=O)c1cccc(Cl)c1)Nc1ccc(Cl)cc1. The molecule has 0 aromatic heterocycles. The van der Waals surface area contributed by atoms with E-state index in [4.69, 9.17) is 23.2 Å². The van der Waals surface area contributed by atoms with Gasteiger partial charge in [0.15, 0.2) is 0 Å². The summed E-state index contributed by atoms with van der Waals surface area (Å²) in [6, 6.07) is 12.3. The van der Waals surface area contributed by atoms with Crippen molar-refractivity contribution < 1.29 is 13.2 Å². The standard InChI is InChI=1S/C14H12Cl2N2O3S/c15-10-4-6-12(7-5-10)18-14(19)9-17-22(20,21)13-3-1-2-11(16)8-13/h1-8,17H,9H2,(H,18,19). The maximum atomic E-state index is 12.0. The van der Waals surface area contributed by atoms with Gasteiger partial charge in [-0.15, -0.1) is 0 Å². The molecule has 2 rings (SSSR count). The minimum absolute atomic E-state index is 0.000655. The van der Waals surface area contributed by atoms with Crippen LogP contribution in [0.15, 0.2) is 53.4 Å². The third-order valence-electron chi connectivity index (χ3n) is 2.66. The van der Waals surface area contributed by atoms with Crippen LogP contribution in [0.3, 0.4) is 0 Å². The van der Waals surface area contributed by atoms with Gasteiger partial charge in [-0.2, -0.15) is 0 Å². The lowest BCUT2D eigenvalue weighted by Crippen LogP contribution is -2.32. The lowest BCUT2D eigenvalue weighted by atomic mass is 10.3. The Kier molecular flexibility index (Phi) is 5.42. The third kappa shape index (κ3) is 4.71. The van der Waals surface area contributed by atoms with Crippen LogP contribution in [0.1, 0.15) is 0 Å². The summed E-state index contributed by atoms with van der Waals surface area (Å²) in [6.07, 6.45) is 0. The van der Waals surface area contributed by atoms with Crippen LogP contribution in [0.4, 0.5) is 5.69 Å². The summed E-state index contributed by atoms with van der Waals surface area (Å²) in [5.41, 5.74) is 0.524. The van der Waals surface area contributed by atoms with Crippen molar-refractivity contribution in [3.63, 3.8) is 0 Å². The Labute approximate surface area is 138 Å². The molecule has 2 N–H and O–H groups in total. The Balaban J connectivity index is 1.97. The molecule has 8 heteroatoms. The van der Waals surface area contributed by atoms with Crippen LogP contribution >= 0.6 is 23.2 Å². The summed E-state index contributed by atoms with van der Waals surface area (Å²) < 4.78 is 26.2. The summed E-state index contributed by atoms with van der Waals surface area (Å²) in [5.74, 6) is -0.493. The highest BCUT2D eigenvalue weighted by Crippen LogP contribution is 2.15. The number of rotatable bonds is 5. The Morgan fingerprint density at radius 2 is 1.68 bits per heavy atom. The minimum Gasteiger partial charge on any atom is -0.325 e. The van der Waals surface area contributed by atoms with Gasteiger partial charge in [0.1, 0.15) is 0 Å². The van der Waals surface area contributed by atoms with E-state index < -0.39 is 22.5 Å². The van der Waals surface area contributed by atoms with Crippen LogP contribution in [0.5, 0.6) is 0 Å². The van der Waals surface area contributed by atoms with E-state index in [1.807, 2.05) is 0 Å². The molecule has 0 heterocycles. The van der Waals surface area contributed by atoms with E-state index in [9.17, 15) is 13.2 Å². The Morgan fingerprint density at radius 3 is 2.32 bits per heavy atom. The van der Waals surface area contributed by atoms with Crippen molar-refractivity contribution in [3.8, 4) is 0 Å². The number of hydrogen-bond acceptors (Lipinski definition) is 3. The molecule has 0 atom stereocenters. The molecule has 5 nitrogen and oxygen atoms in total. The van der Waals surface area contributed by atoms with Crippen LogP contribution in [-0.4, -0.2) is 20.9 Å². The quantitative estimate of drug-likeness (QED) is 0.862. The average molecular weight is 359 g/mol. The number of halogens is 2. The van der Waals surface area contributed by atoms with E-state index in [1.54, 1.807) is 30.3 Å². The predicted molar refractivity (Wildman–Crippen MR) is 86.7 cm³/mol. The molecule has 0 saturated heterocycles. The number of sulfonamides is 1. The number of amides is 1. The van der Waals surface area contributed by atoms with Gasteiger partial charge in [0.05, 0.1) is 11.4 Å². The second-order valence-electron chi connectivity index (χ2n) is 4.34. The smallest absolute Gasteiger partial charge is 0.241 e. The van der Waals surface area contributed by atoms with Crippen molar-refractivity contribution in [1.82, 2.24) is 4.72 Å². The maximum absolute atomic E-state index is 12.0. The number of anilines is 1. The van der Waals surface area contributed by atoms with Gasteiger partial charge in [0.25, 0.3) is 0 Å². The molecule has 22 heavy (non-hydrogen) atoms. The number of carbonyl (C=O) groups excluding carboxylic acids is 1. The molecule has 0 bridgehead atoms. The van der Waals surface area contributed by atoms with Gasteiger partial charge >= 0.3 is 0 Å². The zero-order valence-electron chi connectivity index (χ0n) is 11.2. The molecule has 0 aliphatic rings. The van der Waals surface area contributed by atoms with Gasteiger partial charge in [-0.3, -0.25) is 4.79 Å². The Hall–Kier alpha value is -1.60. The van der Waals surface area contributed by atoms with E-state index >= 15 is 0 Å². The summed E-state index contributed by atoms with van der Waals surface area (Å²) in [4.78, 5) is 11.7. The molecule has 2 aromatic carbocycles. The Morgan fingerprint density at radius 1 is 1.00 bits per heavy atom. The van der Waals surface area contributed by atoms with Crippen LogP contribution in [-0.2, 0) is 14.8 Å². The fraction of sp³-hybridized carbons (Fsp3) is 0.0714. The van der Waals surface area contributed by atoms with Crippen molar-refractivity contribution in [1.29, 1.82) is 0 Å². The summed E-state index contributed by atoms with van der Waals surface area (Å²) in [5, 5.41) is 3.39. The Bertz CT molecular complexity index is 777. The molecule has 1 amide bonds. The fourth-order valence-corrected chi connectivity index (χ4v) is 3.03. The van der Waals surface area contributed by atoms with Gasteiger partial charge in [-0.25, -0.2) is 13.1 Å². The van der Waals surface area contributed by atoms with E-state index in [1.165, 1.54) is 18.2 Å². The number of carbonyl (C=O) groups is 1. The van der Waals surface area contributed by atoms with Crippen molar-refractivity contribution >= 4 is 44.8 Å². The van der Waals surface area contributed by atoms with E-state index in [-0.39, 0.29) is 4.90 Å². The van der Waals surface area contributed by atoms with Crippen LogP contribution < -0.4 is 10.0 Å². The van der Waals surface area contributed by atoms with Crippen LogP contribution in [0, 0.1) is 0 Å². The molecule has 116 valence electrons. The highest BCUT2D eigenvalue weighted by Gasteiger charge is 2.15. The van der Waals surface area contributed by atoms with Gasteiger partial charge in [0.2, 0.25) is 15.9 Å². The molecule has 0 aliphatic heterocycles. The number of benzene rings is 2. The highest BCUT2D eigenvalue weighted by molar-refractivity contribution is 7.89. The normalized spacial score (nSPS) is 11.2. The van der Waals surface area contributed by atoms with Gasteiger partial charge < -0.3 is 5.32 Å². The van der Waals surface area contributed by atoms with Gasteiger partial charge in [0, 0.05) is 15.7 Å². The van der Waals surface area contributed by atoms with E-state index in [0.29, 0.717) is 15.7 Å². The lowest BCUT2D eigenvalue weighted by Gasteiger charge is -2.08. The van der Waals surface area contributed by atoms with Crippen LogP contribution in [0.25, 0.3) is 0 Å². The number of nitrogens with one attached hydrogen (secondary N) is 2. The summed E-state index contributed by atoms with van der Waals surface area (Å²) in [7, 11) is -3.79. The first-order valence-corrected chi connectivity index (χ1v) is 8.41. The molecular formula is C14H12Cl2N2O3S. The first-order valence-electron chi connectivity index (χ1n) is 6.17. The molecule has 0 aliphatic carbocycles. The lowest BCUT2D eigenvalue weighted by molar-refractivity contribution is -0.115. The molecule has 0 fully saturated rings. The fourth-order valence-electron chi connectivity index (χ4n) is 1.62. The second kappa shape index (κ2) is 7.11. The zero-order chi connectivity index (χ0) is 16.2. The monoisotopic (exact) mass is 358 g/mol. The molecular weight excluding hydrogens is 347 g/mol. The predicted octanol–water partition coefficient (Wildman–Crippen LogP) is 2.91. The molecule has 0 unspecified atom stereocenters. The zero-order valence-corrected chi connectivity index (χ0v) is 13.5. The van der Waals surface area contributed by atoms with Crippen molar-refractivity contribution in [2.75, 3.05) is 11.9 Å². The van der Waals surface area contributed by atoms with Gasteiger partial charge in [-0.1, -0.05) is 29.3 Å². The molecule has 0 spiro atoms. The molecule has 0 radical (unpaired) electrons. The molecule has 2 aromatic rings. The van der Waals surface area contributed by atoms with E-state index in [2.05, 4.69) is 10.0 Å². The molecule has 0 saturated carbocycles. The van der Waals surface area contributed by atoms with Crippen LogP contribution in [0.2, 0.25) is 10.0 Å². The first-order chi connectivity index (χ1) is 10.4. The maximum Gasteiger partial charge on any atom is 0.241 e. The minimum atomic E-state index is -3.79. The third-order valence-corrected chi connectivity index (χ3v) is 4.54. The topological polar surface area (TPSA) is 75.3 Å². The van der Waals surface area contributed by atoms with Crippen molar-refractivity contribution in [2.24, 2.45) is 0 Å².